The highest BCUT2D eigenvalue weighted by Crippen LogP contribution is 2.37. The number of thioether (sulfide) groups is 1. The number of anilines is 1. The molecule has 0 saturated carbocycles. The maximum Gasteiger partial charge on any atom is 0.251 e. The maximum atomic E-state index is 12.7. The zero-order valence-corrected chi connectivity index (χ0v) is 18.9. The second-order valence-electron chi connectivity index (χ2n) is 7.64. The van der Waals surface area contributed by atoms with Crippen LogP contribution in [0.1, 0.15) is 22.3 Å². The first-order valence-electron chi connectivity index (χ1n) is 10.5. The quantitative estimate of drug-likeness (QED) is 0.643. The summed E-state index contributed by atoms with van der Waals surface area (Å²) in [5.74, 6) is 0.322. The first-order valence-corrected chi connectivity index (χ1v) is 11.9. The summed E-state index contributed by atoms with van der Waals surface area (Å²) < 4.78 is 5.36. The molecule has 6 nitrogen and oxygen atoms in total. The number of nitrogens with one attached hydrogen (secondary N) is 1. The molecule has 31 heavy (non-hydrogen) atoms. The monoisotopic (exact) mass is 459 g/mol. The summed E-state index contributed by atoms with van der Waals surface area (Å²) in [5.41, 5.74) is 2.35. The van der Waals surface area contributed by atoms with E-state index in [-0.39, 0.29) is 11.8 Å². The average molecular weight is 460 g/mol. The van der Waals surface area contributed by atoms with Crippen molar-refractivity contribution in [1.82, 2.24) is 10.2 Å². The molecular formula is C23H26ClN3O3S. The molecule has 1 N–H and O–H groups in total. The molecule has 2 aromatic rings. The number of carbonyl (C=O) groups excluding carboxylic acids is 2. The van der Waals surface area contributed by atoms with Gasteiger partial charge in [-0.25, -0.2) is 0 Å². The van der Waals surface area contributed by atoms with Gasteiger partial charge in [-0.2, -0.15) is 0 Å². The molecule has 2 heterocycles. The molecular weight excluding hydrogens is 434 g/mol. The minimum absolute atomic E-state index is 0.0375. The third kappa shape index (κ3) is 5.80. The molecule has 2 aliphatic rings. The van der Waals surface area contributed by atoms with E-state index in [1.807, 2.05) is 42.5 Å². The molecule has 0 radical (unpaired) electrons. The van der Waals surface area contributed by atoms with Gasteiger partial charge in [-0.1, -0.05) is 23.7 Å². The molecule has 0 atom stereocenters. The summed E-state index contributed by atoms with van der Waals surface area (Å²) >= 11 is 7.49. The van der Waals surface area contributed by atoms with E-state index in [2.05, 4.69) is 10.2 Å². The fourth-order valence-electron chi connectivity index (χ4n) is 3.72. The molecule has 8 heteroatoms. The molecule has 0 aromatic heterocycles. The summed E-state index contributed by atoms with van der Waals surface area (Å²) in [6.07, 6.45) is 0.897. The fourth-order valence-corrected chi connectivity index (χ4v) is 4.76. The number of rotatable bonds is 7. The first kappa shape index (κ1) is 22.1. The molecule has 2 amide bonds. The lowest BCUT2D eigenvalue weighted by Gasteiger charge is -2.29. The number of halogens is 1. The van der Waals surface area contributed by atoms with E-state index in [1.54, 1.807) is 4.90 Å². The molecule has 0 unspecified atom stereocenters. The molecule has 0 bridgehead atoms. The molecule has 2 aliphatic heterocycles. The van der Waals surface area contributed by atoms with Crippen molar-refractivity contribution >= 4 is 40.9 Å². The van der Waals surface area contributed by atoms with Crippen molar-refractivity contribution in [2.24, 2.45) is 0 Å². The van der Waals surface area contributed by atoms with Gasteiger partial charge in [0.05, 0.1) is 31.2 Å². The van der Waals surface area contributed by atoms with Crippen molar-refractivity contribution in [3.63, 3.8) is 0 Å². The van der Waals surface area contributed by atoms with E-state index in [1.165, 1.54) is 11.8 Å². The van der Waals surface area contributed by atoms with Crippen LogP contribution in [0.2, 0.25) is 5.02 Å². The van der Waals surface area contributed by atoms with E-state index in [9.17, 15) is 9.59 Å². The number of benzene rings is 2. The van der Waals surface area contributed by atoms with Gasteiger partial charge in [-0.05, 0) is 48.9 Å². The molecule has 164 valence electrons. The Morgan fingerprint density at radius 3 is 2.68 bits per heavy atom. The third-order valence-corrected chi connectivity index (χ3v) is 6.76. The average Bonchev–Trinajstić information content (AvgIpc) is 2.80. The third-order valence-electron chi connectivity index (χ3n) is 5.46. The standard InChI is InChI=1S/C23H26ClN3O3S/c24-19-5-2-17(3-6-19)15-27-20-14-18(4-7-21(20)31-16-22(27)28)23(29)25-8-1-9-26-10-12-30-13-11-26/h2-7,14H,1,8-13,15-16H2,(H,25,29). The Labute approximate surface area is 191 Å². The Morgan fingerprint density at radius 1 is 1.13 bits per heavy atom. The van der Waals surface area contributed by atoms with Crippen LogP contribution in [-0.2, 0) is 16.1 Å². The lowest BCUT2D eigenvalue weighted by molar-refractivity contribution is -0.116. The topological polar surface area (TPSA) is 61.9 Å². The van der Waals surface area contributed by atoms with Crippen LogP contribution < -0.4 is 10.2 Å². The highest BCUT2D eigenvalue weighted by Gasteiger charge is 2.26. The predicted molar refractivity (Wildman–Crippen MR) is 124 cm³/mol. The van der Waals surface area contributed by atoms with Crippen LogP contribution in [-0.4, -0.2) is 61.9 Å². The summed E-state index contributed by atoms with van der Waals surface area (Å²) in [5, 5.41) is 3.67. The van der Waals surface area contributed by atoms with Crippen LogP contribution in [0.25, 0.3) is 0 Å². The molecule has 0 spiro atoms. The summed E-state index contributed by atoms with van der Waals surface area (Å²) in [6.45, 7) is 5.49. The summed E-state index contributed by atoms with van der Waals surface area (Å²) in [7, 11) is 0. The lowest BCUT2D eigenvalue weighted by atomic mass is 10.1. The fraction of sp³-hybridized carbons (Fsp3) is 0.391. The van der Waals surface area contributed by atoms with Crippen LogP contribution in [0.15, 0.2) is 47.4 Å². The minimum atomic E-state index is -0.112. The van der Waals surface area contributed by atoms with Crippen LogP contribution in [0.5, 0.6) is 0 Å². The van der Waals surface area contributed by atoms with E-state index in [0.717, 1.165) is 55.4 Å². The number of hydrogen-bond acceptors (Lipinski definition) is 5. The number of fused-ring (bicyclic) bond motifs is 1. The van der Waals surface area contributed by atoms with Crippen LogP contribution >= 0.6 is 23.4 Å². The van der Waals surface area contributed by atoms with Crippen molar-refractivity contribution in [2.75, 3.05) is 50.0 Å². The predicted octanol–water partition coefficient (Wildman–Crippen LogP) is 3.43. The van der Waals surface area contributed by atoms with E-state index in [0.29, 0.717) is 29.4 Å². The van der Waals surface area contributed by atoms with E-state index >= 15 is 0 Å². The lowest BCUT2D eigenvalue weighted by Crippen LogP contribution is -2.38. The first-order chi connectivity index (χ1) is 15.1. The smallest absolute Gasteiger partial charge is 0.251 e. The molecule has 1 fully saturated rings. The molecule has 4 rings (SSSR count). The number of hydrogen-bond donors (Lipinski definition) is 1. The number of ether oxygens (including phenoxy) is 1. The Kier molecular flexibility index (Phi) is 7.50. The van der Waals surface area contributed by atoms with Crippen molar-refractivity contribution in [3.05, 3.63) is 58.6 Å². The number of amides is 2. The van der Waals surface area contributed by atoms with Crippen molar-refractivity contribution in [3.8, 4) is 0 Å². The van der Waals surface area contributed by atoms with Gasteiger partial charge in [0, 0.05) is 35.1 Å². The summed E-state index contributed by atoms with van der Waals surface area (Å²) in [6, 6.07) is 13.1. The second-order valence-corrected chi connectivity index (χ2v) is 9.09. The van der Waals surface area contributed by atoms with Gasteiger partial charge in [0.15, 0.2) is 0 Å². The normalized spacial score (nSPS) is 16.8. The molecule has 1 saturated heterocycles. The number of nitrogens with zero attached hydrogens (tertiary/aromatic N) is 2. The highest BCUT2D eigenvalue weighted by atomic mass is 35.5. The largest absolute Gasteiger partial charge is 0.379 e. The molecule has 0 aliphatic carbocycles. The number of morpholine rings is 1. The summed E-state index contributed by atoms with van der Waals surface area (Å²) in [4.78, 5) is 30.5. The Bertz CT molecular complexity index is 932. The van der Waals surface area contributed by atoms with Gasteiger partial charge in [0.25, 0.3) is 5.91 Å². The van der Waals surface area contributed by atoms with Crippen LogP contribution in [0, 0.1) is 0 Å². The SMILES string of the molecule is O=C(NCCCN1CCOCC1)c1ccc2c(c1)N(Cc1ccc(Cl)cc1)C(=O)CS2. The van der Waals surface area contributed by atoms with Gasteiger partial charge in [0.2, 0.25) is 5.91 Å². The van der Waals surface area contributed by atoms with Crippen molar-refractivity contribution in [1.29, 1.82) is 0 Å². The minimum Gasteiger partial charge on any atom is -0.379 e. The van der Waals surface area contributed by atoms with Gasteiger partial charge in [0.1, 0.15) is 0 Å². The van der Waals surface area contributed by atoms with Gasteiger partial charge >= 0.3 is 0 Å². The van der Waals surface area contributed by atoms with Crippen LogP contribution in [0.3, 0.4) is 0 Å². The Hall–Kier alpha value is -2.06. The van der Waals surface area contributed by atoms with Gasteiger partial charge in [-0.3, -0.25) is 14.5 Å². The molecule has 2 aromatic carbocycles. The maximum absolute atomic E-state index is 12.7. The van der Waals surface area contributed by atoms with Crippen LogP contribution in [0.4, 0.5) is 5.69 Å². The highest BCUT2D eigenvalue weighted by molar-refractivity contribution is 8.00. The second kappa shape index (κ2) is 10.5. The Balaban J connectivity index is 1.39. The zero-order valence-electron chi connectivity index (χ0n) is 17.3. The van der Waals surface area contributed by atoms with Gasteiger partial charge in [-0.15, -0.1) is 11.8 Å². The van der Waals surface area contributed by atoms with E-state index < -0.39 is 0 Å². The van der Waals surface area contributed by atoms with Crippen molar-refractivity contribution < 1.29 is 14.3 Å². The van der Waals surface area contributed by atoms with E-state index in [4.69, 9.17) is 16.3 Å². The zero-order chi connectivity index (χ0) is 21.6. The number of carbonyl (C=O) groups is 2. The van der Waals surface area contributed by atoms with Gasteiger partial charge < -0.3 is 15.0 Å². The Morgan fingerprint density at radius 2 is 1.90 bits per heavy atom. The van der Waals surface area contributed by atoms with Crippen molar-refractivity contribution in [2.45, 2.75) is 17.9 Å².